The molecule has 1 saturated heterocycles. The molecule has 3 N–H and O–H groups in total. The second kappa shape index (κ2) is 15.1. The Balaban J connectivity index is 1.74. The second-order valence-corrected chi connectivity index (χ2v) is 14.5. The number of halogens is 2. The Hall–Kier alpha value is -4.33. The number of imide groups is 1. The first-order chi connectivity index (χ1) is 22.9. The summed E-state index contributed by atoms with van der Waals surface area (Å²) in [6, 6.07) is 8.41. The number of rotatable bonds is 7. The van der Waals surface area contributed by atoms with Crippen LogP contribution in [0.2, 0.25) is 10.0 Å². The third kappa shape index (κ3) is 9.43. The Kier molecular flexibility index (Phi) is 11.5. The van der Waals surface area contributed by atoms with Crippen molar-refractivity contribution >= 4 is 69.9 Å². The van der Waals surface area contributed by atoms with Crippen molar-refractivity contribution in [3.8, 4) is 0 Å². The van der Waals surface area contributed by atoms with E-state index < -0.39 is 41.6 Å². The van der Waals surface area contributed by atoms with E-state index in [-0.39, 0.29) is 28.5 Å². The van der Waals surface area contributed by atoms with Gasteiger partial charge in [-0.3, -0.25) is 4.90 Å². The number of amides is 4. The summed E-state index contributed by atoms with van der Waals surface area (Å²) in [4.78, 5) is 55.4. The first-order valence-electron chi connectivity index (χ1n) is 15.8. The van der Waals surface area contributed by atoms with Gasteiger partial charge in [-0.1, -0.05) is 41.8 Å². The average Bonchev–Trinajstić information content (AvgIpc) is 3.35. The predicted molar refractivity (Wildman–Crippen MR) is 189 cm³/mol. The summed E-state index contributed by atoms with van der Waals surface area (Å²) in [7, 11) is 0. The summed E-state index contributed by atoms with van der Waals surface area (Å²) >= 11 is 12.6. The molecule has 264 valence electrons. The molecule has 0 aliphatic carbocycles. The summed E-state index contributed by atoms with van der Waals surface area (Å²) in [5.41, 5.74) is -1.00. The molecule has 1 fully saturated rings. The molecule has 1 aromatic heterocycles. The fourth-order valence-corrected chi connectivity index (χ4v) is 5.86. The molecule has 49 heavy (non-hydrogen) atoms. The highest BCUT2D eigenvalue weighted by atomic mass is 35.5. The summed E-state index contributed by atoms with van der Waals surface area (Å²) in [5, 5.41) is 20.7. The molecule has 0 radical (unpaired) electrons. The number of carbonyl (C=O) groups is 4. The van der Waals surface area contributed by atoms with E-state index in [1.807, 2.05) is 12.1 Å². The van der Waals surface area contributed by atoms with Gasteiger partial charge in [0.1, 0.15) is 11.2 Å². The molecular formula is C34H42Cl2N6O7. The molecule has 4 amide bonds. The van der Waals surface area contributed by atoms with E-state index in [9.17, 15) is 24.3 Å². The van der Waals surface area contributed by atoms with Gasteiger partial charge in [0.2, 0.25) is 0 Å². The van der Waals surface area contributed by atoms with Crippen molar-refractivity contribution < 1.29 is 33.8 Å². The normalized spacial score (nSPS) is 16.0. The first-order valence-corrected chi connectivity index (χ1v) is 16.5. The highest BCUT2D eigenvalue weighted by Gasteiger charge is 2.37. The SMILES string of the molecule is C=CCN1CCCCC1C(NC(=O)Nc1ccc2c(c1)c(N(C(=O)OC(C)(C)C)C(=O)OC(C)(C)C)nn2C(=O)O)c1ccc(Cl)c(Cl)c1. The molecular weight excluding hydrogens is 675 g/mol. The van der Waals surface area contributed by atoms with E-state index in [2.05, 4.69) is 27.2 Å². The number of nitrogens with one attached hydrogen (secondary N) is 2. The summed E-state index contributed by atoms with van der Waals surface area (Å²) in [5.74, 6) is -0.360. The van der Waals surface area contributed by atoms with Gasteiger partial charge in [0, 0.05) is 23.7 Å². The molecule has 2 heterocycles. The van der Waals surface area contributed by atoms with Crippen molar-refractivity contribution in [1.82, 2.24) is 20.0 Å². The summed E-state index contributed by atoms with van der Waals surface area (Å²) < 4.78 is 11.6. The minimum Gasteiger partial charge on any atom is -0.463 e. The van der Waals surface area contributed by atoms with Gasteiger partial charge in [-0.2, -0.15) is 9.58 Å². The van der Waals surface area contributed by atoms with E-state index >= 15 is 0 Å². The van der Waals surface area contributed by atoms with Crippen LogP contribution in [0.1, 0.15) is 72.4 Å². The fourth-order valence-electron chi connectivity index (χ4n) is 5.56. The number of ether oxygens (including phenoxy) is 2. The summed E-state index contributed by atoms with van der Waals surface area (Å²) in [6.07, 6.45) is 0.898. The standard InChI is InChI=1S/C34H42Cl2N6O7/c1-8-16-40-17-10-9-11-26(40)27(20-12-14-23(35)24(36)18-20)38-29(43)37-21-13-15-25-22(19-21)28(39-42(25)30(44)45)41(31(46)48-33(2,3)4)32(47)49-34(5,6)7/h8,12-15,18-19,26-27H,1,9-11,16-17H2,2-7H3,(H,44,45)(H2,37,38,43). The monoisotopic (exact) mass is 716 g/mol. The number of benzene rings is 2. The second-order valence-electron chi connectivity index (χ2n) is 13.6. The molecule has 2 aromatic carbocycles. The Morgan fingerprint density at radius 1 is 1.02 bits per heavy atom. The predicted octanol–water partition coefficient (Wildman–Crippen LogP) is 8.45. The zero-order valence-corrected chi connectivity index (χ0v) is 29.9. The van der Waals surface area contributed by atoms with Gasteiger partial charge in [-0.05, 0) is 96.8 Å². The Bertz CT molecular complexity index is 1720. The van der Waals surface area contributed by atoms with Crippen LogP contribution in [0.25, 0.3) is 10.9 Å². The fraction of sp³-hybridized carbons (Fsp3) is 0.441. The zero-order valence-electron chi connectivity index (χ0n) is 28.4. The van der Waals surface area contributed by atoms with Gasteiger partial charge in [-0.25, -0.2) is 19.2 Å². The van der Waals surface area contributed by atoms with E-state index in [1.54, 1.807) is 53.7 Å². The molecule has 2 unspecified atom stereocenters. The highest BCUT2D eigenvalue weighted by Crippen LogP contribution is 2.34. The van der Waals surface area contributed by atoms with Crippen molar-refractivity contribution in [3.05, 3.63) is 64.7 Å². The van der Waals surface area contributed by atoms with Gasteiger partial charge in [0.15, 0.2) is 5.82 Å². The number of likely N-dealkylation sites (tertiary alicyclic amines) is 1. The summed E-state index contributed by atoms with van der Waals surface area (Å²) in [6.45, 7) is 15.0. The van der Waals surface area contributed by atoms with Crippen molar-refractivity contribution in [2.45, 2.75) is 84.1 Å². The maximum atomic E-state index is 13.7. The number of anilines is 2. The molecule has 13 nitrogen and oxygen atoms in total. The van der Waals surface area contributed by atoms with Crippen LogP contribution in [0.5, 0.6) is 0 Å². The Morgan fingerprint density at radius 3 is 2.24 bits per heavy atom. The van der Waals surface area contributed by atoms with Gasteiger partial charge in [0.25, 0.3) is 0 Å². The van der Waals surface area contributed by atoms with E-state index in [0.29, 0.717) is 26.2 Å². The number of carboxylic acid groups (broad SMARTS) is 1. The van der Waals surface area contributed by atoms with Crippen molar-refractivity contribution in [1.29, 1.82) is 0 Å². The van der Waals surface area contributed by atoms with Crippen LogP contribution in [0, 0.1) is 0 Å². The minimum atomic E-state index is -1.47. The Morgan fingerprint density at radius 2 is 1.67 bits per heavy atom. The molecule has 15 heteroatoms. The van der Waals surface area contributed by atoms with Crippen molar-refractivity contribution in [2.75, 3.05) is 23.3 Å². The lowest BCUT2D eigenvalue weighted by Crippen LogP contribution is -2.49. The third-order valence-corrected chi connectivity index (χ3v) is 8.20. The number of urea groups is 1. The van der Waals surface area contributed by atoms with Crippen LogP contribution < -0.4 is 15.5 Å². The van der Waals surface area contributed by atoms with Crippen LogP contribution in [0.4, 0.5) is 30.7 Å². The highest BCUT2D eigenvalue weighted by molar-refractivity contribution is 6.42. The van der Waals surface area contributed by atoms with Gasteiger partial charge in [-0.15, -0.1) is 11.7 Å². The molecule has 0 bridgehead atoms. The number of fused-ring (bicyclic) bond motifs is 1. The van der Waals surface area contributed by atoms with Crippen LogP contribution in [-0.4, -0.2) is 74.4 Å². The third-order valence-electron chi connectivity index (χ3n) is 7.47. The van der Waals surface area contributed by atoms with Gasteiger partial charge in [0.05, 0.1) is 21.6 Å². The number of piperidine rings is 1. The average molecular weight is 718 g/mol. The largest absolute Gasteiger partial charge is 0.463 e. The van der Waals surface area contributed by atoms with Crippen LogP contribution in [0.15, 0.2) is 49.1 Å². The molecule has 0 spiro atoms. The van der Waals surface area contributed by atoms with E-state index in [1.165, 1.54) is 18.2 Å². The van der Waals surface area contributed by atoms with E-state index in [4.69, 9.17) is 32.7 Å². The number of carbonyl (C=O) groups excluding carboxylic acids is 3. The molecule has 2 atom stereocenters. The first kappa shape index (κ1) is 37.5. The molecule has 0 saturated carbocycles. The van der Waals surface area contributed by atoms with Gasteiger partial charge < -0.3 is 25.2 Å². The maximum absolute atomic E-state index is 13.7. The molecule has 3 aromatic rings. The van der Waals surface area contributed by atoms with Crippen molar-refractivity contribution in [3.63, 3.8) is 0 Å². The Labute approximate surface area is 295 Å². The lowest BCUT2D eigenvalue weighted by molar-refractivity contribution is 0.0428. The van der Waals surface area contributed by atoms with Crippen LogP contribution in [0.3, 0.4) is 0 Å². The number of hydrogen-bond donors (Lipinski definition) is 3. The number of aromatic nitrogens is 2. The zero-order chi connectivity index (χ0) is 36.3. The minimum absolute atomic E-state index is 0.0431. The number of nitrogens with zero attached hydrogens (tertiary/aromatic N) is 4. The van der Waals surface area contributed by atoms with Crippen molar-refractivity contribution in [2.24, 2.45) is 0 Å². The smallest absolute Gasteiger partial charge is 0.432 e. The van der Waals surface area contributed by atoms with E-state index in [0.717, 1.165) is 31.4 Å². The quantitative estimate of drug-likeness (QED) is 0.204. The van der Waals surface area contributed by atoms with Crippen LogP contribution in [-0.2, 0) is 9.47 Å². The maximum Gasteiger partial charge on any atom is 0.432 e. The molecule has 4 rings (SSSR count). The van der Waals surface area contributed by atoms with Crippen LogP contribution >= 0.6 is 23.2 Å². The lowest BCUT2D eigenvalue weighted by Gasteiger charge is -2.40. The topological polar surface area (TPSA) is 155 Å². The molecule has 1 aliphatic rings. The lowest BCUT2D eigenvalue weighted by atomic mass is 9.90. The number of hydrogen-bond acceptors (Lipinski definition) is 8. The molecule has 1 aliphatic heterocycles. The van der Waals surface area contributed by atoms with Gasteiger partial charge >= 0.3 is 24.3 Å².